The molecule has 148 valence electrons. The Kier molecular flexibility index (Phi) is 9.64. The number of hydrogen-bond acceptors (Lipinski definition) is 5. The van der Waals surface area contributed by atoms with Crippen LogP contribution in [0.4, 0.5) is 5.82 Å². The van der Waals surface area contributed by atoms with Crippen LogP contribution in [0.2, 0.25) is 0 Å². The highest BCUT2D eigenvalue weighted by atomic mass is 35.5. The fourth-order valence-corrected chi connectivity index (χ4v) is 3.72. The normalized spacial score (nSPS) is 25.2. The third-order valence-electron chi connectivity index (χ3n) is 5.14. The van der Waals surface area contributed by atoms with Crippen LogP contribution >= 0.6 is 24.8 Å². The zero-order chi connectivity index (χ0) is 16.9. The summed E-state index contributed by atoms with van der Waals surface area (Å²) in [5.74, 6) is 1.53. The molecule has 0 aromatic carbocycles. The van der Waals surface area contributed by atoms with E-state index in [1.165, 1.54) is 0 Å². The predicted molar refractivity (Wildman–Crippen MR) is 108 cm³/mol. The van der Waals surface area contributed by atoms with Gasteiger partial charge < -0.3 is 20.7 Å². The van der Waals surface area contributed by atoms with Crippen molar-refractivity contribution in [3.8, 4) is 0 Å². The summed E-state index contributed by atoms with van der Waals surface area (Å²) in [4.78, 5) is 19.1. The fraction of sp³-hybridized carbons (Fsp3) is 0.667. The van der Waals surface area contributed by atoms with Gasteiger partial charge in [-0.05, 0) is 43.9 Å². The molecule has 8 heteroatoms. The molecule has 2 fully saturated rings. The SMILES string of the molecule is CC1CN(c2ccc(CNC(=O)[C@@H]3CCC[C@@H]3CN)cn2)CCO1.Cl.Cl. The van der Waals surface area contributed by atoms with Crippen molar-refractivity contribution in [2.45, 2.75) is 38.8 Å². The van der Waals surface area contributed by atoms with E-state index in [1.807, 2.05) is 18.3 Å². The molecule has 1 aromatic heterocycles. The van der Waals surface area contributed by atoms with E-state index in [4.69, 9.17) is 10.5 Å². The zero-order valence-electron chi connectivity index (χ0n) is 15.2. The standard InChI is InChI=1S/C18H28N4O2.2ClH/c1-13-12-22(7-8-24-13)17-6-5-14(10-20-17)11-21-18(23)16-4-2-3-15(16)9-19;;/h5-6,10,13,15-16H,2-4,7-9,11-12,19H2,1H3,(H,21,23);2*1H/t13?,15-,16-;;/m1../s1. The number of carbonyl (C=O) groups is 1. The first kappa shape index (κ1) is 23.0. The van der Waals surface area contributed by atoms with Gasteiger partial charge in [-0.3, -0.25) is 4.79 Å². The number of hydrogen-bond donors (Lipinski definition) is 2. The number of pyridine rings is 1. The summed E-state index contributed by atoms with van der Waals surface area (Å²) < 4.78 is 5.56. The summed E-state index contributed by atoms with van der Waals surface area (Å²) in [5.41, 5.74) is 6.79. The highest BCUT2D eigenvalue weighted by Gasteiger charge is 2.31. The number of amides is 1. The van der Waals surface area contributed by atoms with Crippen LogP contribution in [0, 0.1) is 11.8 Å². The molecule has 1 unspecified atom stereocenters. The number of nitrogens with one attached hydrogen (secondary N) is 1. The van der Waals surface area contributed by atoms with E-state index in [9.17, 15) is 4.79 Å². The number of morpholine rings is 1. The molecular formula is C18H30Cl2N4O2. The largest absolute Gasteiger partial charge is 0.375 e. The van der Waals surface area contributed by atoms with Crippen molar-refractivity contribution in [2.24, 2.45) is 17.6 Å². The number of anilines is 1. The van der Waals surface area contributed by atoms with Gasteiger partial charge in [-0.2, -0.15) is 0 Å². The summed E-state index contributed by atoms with van der Waals surface area (Å²) in [7, 11) is 0. The van der Waals surface area contributed by atoms with Crippen LogP contribution in [0.1, 0.15) is 31.7 Å². The smallest absolute Gasteiger partial charge is 0.223 e. The lowest BCUT2D eigenvalue weighted by molar-refractivity contribution is -0.126. The number of rotatable bonds is 5. The molecule has 1 aliphatic carbocycles. The van der Waals surface area contributed by atoms with Gasteiger partial charge in [0.1, 0.15) is 5.82 Å². The molecule has 1 aromatic rings. The number of ether oxygens (including phenoxy) is 1. The number of nitrogens with zero attached hydrogens (tertiary/aromatic N) is 2. The summed E-state index contributed by atoms with van der Waals surface area (Å²) in [6, 6.07) is 4.07. The first-order valence-corrected chi connectivity index (χ1v) is 8.96. The van der Waals surface area contributed by atoms with Crippen molar-refractivity contribution in [1.82, 2.24) is 10.3 Å². The molecule has 1 amide bonds. The van der Waals surface area contributed by atoms with Crippen LogP contribution in [-0.2, 0) is 16.1 Å². The van der Waals surface area contributed by atoms with Gasteiger partial charge in [-0.1, -0.05) is 12.5 Å². The monoisotopic (exact) mass is 404 g/mol. The summed E-state index contributed by atoms with van der Waals surface area (Å²) >= 11 is 0. The van der Waals surface area contributed by atoms with Gasteiger partial charge in [0, 0.05) is 31.7 Å². The average molecular weight is 405 g/mol. The summed E-state index contributed by atoms with van der Waals surface area (Å²) in [6.07, 6.45) is 5.23. The Morgan fingerprint density at radius 3 is 2.85 bits per heavy atom. The second kappa shape index (κ2) is 10.9. The first-order valence-electron chi connectivity index (χ1n) is 8.96. The minimum Gasteiger partial charge on any atom is -0.375 e. The third kappa shape index (κ3) is 5.71. The second-order valence-electron chi connectivity index (χ2n) is 6.90. The Bertz CT molecular complexity index is 559. The molecule has 0 spiro atoms. The van der Waals surface area contributed by atoms with E-state index in [-0.39, 0.29) is 42.7 Å². The molecule has 3 rings (SSSR count). The van der Waals surface area contributed by atoms with E-state index < -0.39 is 0 Å². The number of carbonyl (C=O) groups excluding carboxylic acids is 1. The Morgan fingerprint density at radius 1 is 1.38 bits per heavy atom. The lowest BCUT2D eigenvalue weighted by Gasteiger charge is -2.32. The van der Waals surface area contributed by atoms with Crippen LogP contribution in [0.25, 0.3) is 0 Å². The highest BCUT2D eigenvalue weighted by Crippen LogP contribution is 2.31. The maximum absolute atomic E-state index is 12.3. The van der Waals surface area contributed by atoms with Crippen molar-refractivity contribution in [1.29, 1.82) is 0 Å². The number of aromatic nitrogens is 1. The van der Waals surface area contributed by atoms with Gasteiger partial charge in [-0.25, -0.2) is 4.98 Å². The maximum atomic E-state index is 12.3. The molecule has 3 N–H and O–H groups in total. The molecule has 1 aliphatic heterocycles. The maximum Gasteiger partial charge on any atom is 0.223 e. The van der Waals surface area contributed by atoms with Gasteiger partial charge in [0.2, 0.25) is 5.91 Å². The van der Waals surface area contributed by atoms with Crippen LogP contribution in [0.3, 0.4) is 0 Å². The molecule has 2 aliphatic rings. The molecule has 1 saturated carbocycles. The van der Waals surface area contributed by atoms with Gasteiger partial charge in [-0.15, -0.1) is 24.8 Å². The molecule has 0 radical (unpaired) electrons. The van der Waals surface area contributed by atoms with Crippen LogP contribution in [-0.4, -0.2) is 43.2 Å². The van der Waals surface area contributed by atoms with Crippen LogP contribution in [0.5, 0.6) is 0 Å². The molecule has 2 heterocycles. The third-order valence-corrected chi connectivity index (χ3v) is 5.14. The Balaban J connectivity index is 0.00000169. The number of nitrogens with two attached hydrogens (primary N) is 1. The highest BCUT2D eigenvalue weighted by molar-refractivity contribution is 5.85. The van der Waals surface area contributed by atoms with Crippen LogP contribution in [0.15, 0.2) is 18.3 Å². The molecule has 26 heavy (non-hydrogen) atoms. The van der Waals surface area contributed by atoms with Gasteiger partial charge in [0.05, 0.1) is 12.7 Å². The molecular weight excluding hydrogens is 375 g/mol. The topological polar surface area (TPSA) is 80.5 Å². The minimum atomic E-state index is 0. The lowest BCUT2D eigenvalue weighted by atomic mass is 9.95. The molecule has 0 bridgehead atoms. The quantitative estimate of drug-likeness (QED) is 0.785. The Hall–Kier alpha value is -1.08. The lowest BCUT2D eigenvalue weighted by Crippen LogP contribution is -2.41. The molecule has 6 nitrogen and oxygen atoms in total. The van der Waals surface area contributed by atoms with E-state index in [0.717, 1.165) is 50.3 Å². The second-order valence-corrected chi connectivity index (χ2v) is 6.90. The zero-order valence-corrected chi connectivity index (χ0v) is 16.9. The first-order chi connectivity index (χ1) is 11.7. The van der Waals surface area contributed by atoms with E-state index >= 15 is 0 Å². The predicted octanol–water partition coefficient (Wildman–Crippen LogP) is 2.14. The Morgan fingerprint density at radius 2 is 2.19 bits per heavy atom. The average Bonchev–Trinajstić information content (AvgIpc) is 3.09. The fourth-order valence-electron chi connectivity index (χ4n) is 3.72. The number of halogens is 2. The molecule has 1 saturated heterocycles. The Labute approximate surface area is 168 Å². The summed E-state index contributed by atoms with van der Waals surface area (Å²) in [6.45, 7) is 5.69. The van der Waals surface area contributed by atoms with Crippen molar-refractivity contribution in [2.75, 3.05) is 31.1 Å². The van der Waals surface area contributed by atoms with Crippen molar-refractivity contribution in [3.63, 3.8) is 0 Å². The molecule has 3 atom stereocenters. The van der Waals surface area contributed by atoms with Gasteiger partial charge in [0.15, 0.2) is 0 Å². The van der Waals surface area contributed by atoms with Crippen LogP contribution < -0.4 is 16.0 Å². The van der Waals surface area contributed by atoms with Gasteiger partial charge in [0.25, 0.3) is 0 Å². The van der Waals surface area contributed by atoms with Crippen molar-refractivity contribution >= 4 is 36.5 Å². The summed E-state index contributed by atoms with van der Waals surface area (Å²) in [5, 5.41) is 3.04. The van der Waals surface area contributed by atoms with Gasteiger partial charge >= 0.3 is 0 Å². The van der Waals surface area contributed by atoms with Crippen molar-refractivity contribution in [3.05, 3.63) is 23.9 Å². The minimum absolute atomic E-state index is 0. The van der Waals surface area contributed by atoms with Crippen molar-refractivity contribution < 1.29 is 9.53 Å². The van der Waals surface area contributed by atoms with E-state index in [0.29, 0.717) is 19.0 Å². The van der Waals surface area contributed by atoms with E-state index in [1.54, 1.807) is 0 Å². The van der Waals surface area contributed by atoms with E-state index in [2.05, 4.69) is 22.1 Å².